The highest BCUT2D eigenvalue weighted by Gasteiger charge is 2.21. The van der Waals surface area contributed by atoms with Crippen molar-refractivity contribution >= 4 is 23.3 Å². The monoisotopic (exact) mass is 489 g/mol. The highest BCUT2D eigenvalue weighted by molar-refractivity contribution is 6.30. The molecule has 35 heavy (non-hydrogen) atoms. The zero-order valence-corrected chi connectivity index (χ0v) is 20.0. The van der Waals surface area contributed by atoms with Crippen LogP contribution in [-0.2, 0) is 11.8 Å². The van der Waals surface area contributed by atoms with E-state index in [1.807, 2.05) is 42.1 Å². The molecule has 0 aliphatic carbocycles. The Morgan fingerprint density at radius 2 is 1.54 bits per heavy atom. The Labute approximate surface area is 208 Å². The average Bonchev–Trinajstić information content (AvgIpc) is 3.32. The van der Waals surface area contributed by atoms with Gasteiger partial charge in [0.15, 0.2) is 12.4 Å². The summed E-state index contributed by atoms with van der Waals surface area (Å²) in [5, 5.41) is 3.56. The molecule has 8 heteroatoms. The molecular formula is C27H24ClN3O4. The first kappa shape index (κ1) is 24.0. The van der Waals surface area contributed by atoms with Crippen LogP contribution in [0.15, 0.2) is 85.2 Å². The summed E-state index contributed by atoms with van der Waals surface area (Å²) in [5.41, 5.74) is 1.92. The van der Waals surface area contributed by atoms with E-state index < -0.39 is 6.04 Å². The molecule has 0 bridgehead atoms. The molecule has 0 saturated carbocycles. The minimum Gasteiger partial charge on any atom is -0.497 e. The van der Waals surface area contributed by atoms with E-state index in [1.165, 1.54) is 0 Å². The standard InChI is InChI=1S/C27H24ClN3O4/c1-31-16-15-29-27(31)25(18-5-11-22(34-2)12-6-18)30-24(32)17-35-23-13-7-20(8-14-23)26(33)19-3-9-21(28)10-4-19/h3-16,25H,17H2,1-2H3,(H,30,32). The molecule has 1 aromatic heterocycles. The molecule has 0 aliphatic heterocycles. The van der Waals surface area contributed by atoms with E-state index in [9.17, 15) is 9.59 Å². The number of halogens is 1. The van der Waals surface area contributed by atoms with Crippen molar-refractivity contribution in [1.82, 2.24) is 14.9 Å². The van der Waals surface area contributed by atoms with Crippen LogP contribution in [0.3, 0.4) is 0 Å². The van der Waals surface area contributed by atoms with Gasteiger partial charge in [-0.25, -0.2) is 4.98 Å². The van der Waals surface area contributed by atoms with Gasteiger partial charge in [-0.05, 0) is 66.2 Å². The quantitative estimate of drug-likeness (QED) is 0.347. The third kappa shape index (κ3) is 5.88. The van der Waals surface area contributed by atoms with Gasteiger partial charge >= 0.3 is 0 Å². The molecule has 4 rings (SSSR count). The summed E-state index contributed by atoms with van der Waals surface area (Å²) in [5.74, 6) is 1.46. The van der Waals surface area contributed by atoms with Gasteiger partial charge < -0.3 is 19.4 Å². The van der Waals surface area contributed by atoms with Crippen molar-refractivity contribution in [3.8, 4) is 11.5 Å². The molecular weight excluding hydrogens is 466 g/mol. The topological polar surface area (TPSA) is 82.4 Å². The normalized spacial score (nSPS) is 11.5. The van der Waals surface area contributed by atoms with E-state index in [-0.39, 0.29) is 18.3 Å². The predicted molar refractivity (Wildman–Crippen MR) is 133 cm³/mol. The third-order valence-electron chi connectivity index (χ3n) is 5.46. The van der Waals surface area contributed by atoms with Gasteiger partial charge in [-0.15, -0.1) is 0 Å². The molecule has 178 valence electrons. The van der Waals surface area contributed by atoms with E-state index >= 15 is 0 Å². The fraction of sp³-hybridized carbons (Fsp3) is 0.148. The second-order valence-electron chi connectivity index (χ2n) is 7.82. The Hall–Kier alpha value is -4.10. The first-order valence-electron chi connectivity index (χ1n) is 10.9. The molecule has 1 unspecified atom stereocenters. The molecule has 1 amide bonds. The van der Waals surface area contributed by atoms with Crippen LogP contribution < -0.4 is 14.8 Å². The van der Waals surface area contributed by atoms with Crippen LogP contribution in [0.4, 0.5) is 0 Å². The number of carbonyl (C=O) groups excluding carboxylic acids is 2. The predicted octanol–water partition coefficient (Wildman–Crippen LogP) is 4.60. The molecule has 4 aromatic rings. The molecule has 1 heterocycles. The van der Waals surface area contributed by atoms with Crippen molar-refractivity contribution in [1.29, 1.82) is 0 Å². The number of benzene rings is 3. The lowest BCUT2D eigenvalue weighted by Gasteiger charge is -2.19. The summed E-state index contributed by atoms with van der Waals surface area (Å²) in [7, 11) is 3.47. The van der Waals surface area contributed by atoms with E-state index in [0.29, 0.717) is 27.7 Å². The number of carbonyl (C=O) groups is 2. The van der Waals surface area contributed by atoms with Gasteiger partial charge in [-0.2, -0.15) is 0 Å². The van der Waals surface area contributed by atoms with Gasteiger partial charge in [0.2, 0.25) is 0 Å². The van der Waals surface area contributed by atoms with Gasteiger partial charge in [-0.3, -0.25) is 9.59 Å². The van der Waals surface area contributed by atoms with Crippen LogP contribution >= 0.6 is 11.6 Å². The molecule has 0 spiro atoms. The Morgan fingerprint density at radius 1 is 0.943 bits per heavy atom. The molecule has 0 aliphatic rings. The number of hydrogen-bond donors (Lipinski definition) is 1. The lowest BCUT2D eigenvalue weighted by Crippen LogP contribution is -2.34. The third-order valence-corrected chi connectivity index (χ3v) is 5.72. The number of imidazole rings is 1. The summed E-state index contributed by atoms with van der Waals surface area (Å²) in [4.78, 5) is 29.8. The minimum absolute atomic E-state index is 0.122. The fourth-order valence-electron chi connectivity index (χ4n) is 3.57. The number of hydrogen-bond acceptors (Lipinski definition) is 5. The second-order valence-corrected chi connectivity index (χ2v) is 8.26. The molecule has 1 atom stereocenters. The second kappa shape index (κ2) is 10.9. The van der Waals surface area contributed by atoms with Crippen molar-refractivity contribution < 1.29 is 19.1 Å². The first-order chi connectivity index (χ1) is 16.9. The zero-order chi connectivity index (χ0) is 24.8. The number of aromatic nitrogens is 2. The van der Waals surface area contributed by atoms with Crippen LogP contribution in [0.5, 0.6) is 11.5 Å². The molecule has 7 nitrogen and oxygen atoms in total. The van der Waals surface area contributed by atoms with Crippen molar-refractivity contribution in [3.05, 3.63) is 113 Å². The van der Waals surface area contributed by atoms with Gasteiger partial charge in [0.05, 0.1) is 7.11 Å². The number of aryl methyl sites for hydroxylation is 1. The molecule has 1 N–H and O–H groups in total. The van der Waals surface area contributed by atoms with Crippen LogP contribution in [0.25, 0.3) is 0 Å². The van der Waals surface area contributed by atoms with Crippen LogP contribution in [0, 0.1) is 0 Å². The number of ketones is 1. The SMILES string of the molecule is COc1ccc(C(NC(=O)COc2ccc(C(=O)c3ccc(Cl)cc3)cc2)c2nccn2C)cc1. The number of nitrogens with one attached hydrogen (secondary N) is 1. The summed E-state index contributed by atoms with van der Waals surface area (Å²) < 4.78 is 12.7. The summed E-state index contributed by atoms with van der Waals surface area (Å²) in [6.45, 7) is -0.193. The Kier molecular flexibility index (Phi) is 7.48. The lowest BCUT2D eigenvalue weighted by atomic mass is 10.0. The van der Waals surface area contributed by atoms with Crippen LogP contribution in [-0.4, -0.2) is 35.0 Å². The lowest BCUT2D eigenvalue weighted by molar-refractivity contribution is -0.123. The Bertz CT molecular complexity index is 1300. The Balaban J connectivity index is 1.40. The van der Waals surface area contributed by atoms with E-state index in [0.717, 1.165) is 11.3 Å². The number of ether oxygens (including phenoxy) is 2. The summed E-state index contributed by atoms with van der Waals surface area (Å²) in [6, 6.07) is 20.3. The van der Waals surface area contributed by atoms with Crippen LogP contribution in [0.1, 0.15) is 33.4 Å². The minimum atomic E-state index is -0.462. The maximum absolute atomic E-state index is 12.8. The maximum Gasteiger partial charge on any atom is 0.258 e. The van der Waals surface area contributed by atoms with Crippen LogP contribution in [0.2, 0.25) is 5.02 Å². The summed E-state index contributed by atoms with van der Waals surface area (Å²) >= 11 is 5.89. The van der Waals surface area contributed by atoms with Crippen molar-refractivity contribution in [2.24, 2.45) is 7.05 Å². The first-order valence-corrected chi connectivity index (χ1v) is 11.3. The van der Waals surface area contributed by atoms with Gasteiger partial charge in [-0.1, -0.05) is 23.7 Å². The highest BCUT2D eigenvalue weighted by atomic mass is 35.5. The zero-order valence-electron chi connectivity index (χ0n) is 19.3. The smallest absolute Gasteiger partial charge is 0.258 e. The Morgan fingerprint density at radius 3 is 2.11 bits per heavy atom. The van der Waals surface area contributed by atoms with E-state index in [4.69, 9.17) is 21.1 Å². The maximum atomic E-state index is 12.8. The molecule has 3 aromatic carbocycles. The van der Waals surface area contributed by atoms with Gasteiger partial charge in [0.25, 0.3) is 5.91 Å². The number of methoxy groups -OCH3 is 1. The van der Waals surface area contributed by atoms with E-state index in [1.54, 1.807) is 61.8 Å². The molecule has 0 saturated heterocycles. The van der Waals surface area contributed by atoms with Gasteiger partial charge in [0.1, 0.15) is 23.4 Å². The van der Waals surface area contributed by atoms with E-state index in [2.05, 4.69) is 10.3 Å². The average molecular weight is 490 g/mol. The number of rotatable bonds is 9. The van der Waals surface area contributed by atoms with Gasteiger partial charge in [0, 0.05) is 35.6 Å². The molecule has 0 fully saturated rings. The fourth-order valence-corrected chi connectivity index (χ4v) is 3.70. The largest absolute Gasteiger partial charge is 0.497 e. The van der Waals surface area contributed by atoms with Crippen molar-refractivity contribution in [2.75, 3.05) is 13.7 Å². The molecule has 0 radical (unpaired) electrons. The van der Waals surface area contributed by atoms with Crippen molar-refractivity contribution in [3.63, 3.8) is 0 Å². The highest BCUT2D eigenvalue weighted by Crippen LogP contribution is 2.23. The van der Waals surface area contributed by atoms with Crippen molar-refractivity contribution in [2.45, 2.75) is 6.04 Å². The number of amides is 1. The summed E-state index contributed by atoms with van der Waals surface area (Å²) in [6.07, 6.45) is 3.50. The number of nitrogens with zero attached hydrogens (tertiary/aromatic N) is 2.